The number of carbonyl (C=O) groups excluding carboxylic acids is 2. The lowest BCUT2D eigenvalue weighted by Gasteiger charge is -2.54. The molecule has 27 heavy (non-hydrogen) atoms. The molecule has 0 radical (unpaired) electrons. The minimum atomic E-state index is -0.509. The van der Waals surface area contributed by atoms with E-state index in [1.807, 2.05) is 4.90 Å². The van der Waals surface area contributed by atoms with Crippen molar-refractivity contribution in [2.24, 2.45) is 0 Å². The second-order valence-electron chi connectivity index (χ2n) is 7.86. The third-order valence-electron chi connectivity index (χ3n) is 6.13. The number of ether oxygens (including phenoxy) is 2. The summed E-state index contributed by atoms with van der Waals surface area (Å²) in [6, 6.07) is 3.35. The third kappa shape index (κ3) is 3.34. The van der Waals surface area contributed by atoms with Crippen molar-refractivity contribution in [1.29, 1.82) is 0 Å². The lowest BCUT2D eigenvalue weighted by atomic mass is 9.82. The van der Waals surface area contributed by atoms with E-state index in [-0.39, 0.29) is 22.9 Å². The molecule has 3 heterocycles. The van der Waals surface area contributed by atoms with Crippen molar-refractivity contribution >= 4 is 11.9 Å². The molecule has 0 aliphatic carbocycles. The number of nitrogens with zero attached hydrogens (tertiary/aromatic N) is 2. The monoisotopic (exact) mass is 376 g/mol. The maximum atomic E-state index is 14.6. The molecule has 4 rings (SSSR count). The van der Waals surface area contributed by atoms with Gasteiger partial charge < -0.3 is 14.4 Å². The Hall–Kier alpha value is -1.99. The third-order valence-corrected chi connectivity index (χ3v) is 6.13. The van der Waals surface area contributed by atoms with Crippen LogP contribution in [0.3, 0.4) is 0 Å². The predicted octanol–water partition coefficient (Wildman–Crippen LogP) is 1.75. The molecule has 3 aliphatic heterocycles. The average Bonchev–Trinajstić information content (AvgIpc) is 2.65. The smallest absolute Gasteiger partial charge is 0.337 e. The van der Waals surface area contributed by atoms with Gasteiger partial charge in [0.15, 0.2) is 0 Å². The lowest BCUT2D eigenvalue weighted by Crippen LogP contribution is -2.68. The topological polar surface area (TPSA) is 59.1 Å². The first-order valence-electron chi connectivity index (χ1n) is 9.44. The number of fused-ring (bicyclic) bond motifs is 1. The van der Waals surface area contributed by atoms with E-state index in [1.54, 1.807) is 13.0 Å². The highest BCUT2D eigenvalue weighted by molar-refractivity contribution is 5.89. The Kier molecular flexibility index (Phi) is 4.68. The normalized spacial score (nSPS) is 24.3. The molecule has 0 N–H and O–H groups in total. The van der Waals surface area contributed by atoms with Crippen LogP contribution in [0.25, 0.3) is 0 Å². The second-order valence-corrected chi connectivity index (χ2v) is 7.86. The first-order valence-corrected chi connectivity index (χ1v) is 9.44. The minimum Gasteiger partial charge on any atom is -0.465 e. The van der Waals surface area contributed by atoms with Crippen molar-refractivity contribution in [3.05, 3.63) is 34.6 Å². The predicted molar refractivity (Wildman–Crippen MR) is 95.8 cm³/mol. The standard InChI is InChI=1S/C20H25FN2O4/c1-13(24)23-11-20(12-23)9-16(4-6-27-20)22-5-3-14-7-15(19(25)26-2)8-18(21)17(14)10-22/h7-8,16H,3-6,9-12H2,1-2H3. The molecule has 2 saturated heterocycles. The van der Waals surface area contributed by atoms with E-state index in [9.17, 15) is 14.0 Å². The van der Waals surface area contributed by atoms with Crippen LogP contribution in [0.15, 0.2) is 12.1 Å². The van der Waals surface area contributed by atoms with Gasteiger partial charge in [-0.3, -0.25) is 9.69 Å². The number of carbonyl (C=O) groups is 2. The Morgan fingerprint density at radius 3 is 2.81 bits per heavy atom. The van der Waals surface area contributed by atoms with Crippen molar-refractivity contribution in [3.63, 3.8) is 0 Å². The molecular formula is C20H25FN2O4. The maximum Gasteiger partial charge on any atom is 0.337 e. The molecule has 1 spiro atoms. The minimum absolute atomic E-state index is 0.0849. The van der Waals surface area contributed by atoms with E-state index in [1.165, 1.54) is 13.2 Å². The number of halogens is 1. The summed E-state index contributed by atoms with van der Waals surface area (Å²) in [4.78, 5) is 27.3. The lowest BCUT2D eigenvalue weighted by molar-refractivity contribution is -0.189. The number of benzene rings is 1. The molecule has 1 atom stereocenters. The SMILES string of the molecule is COC(=O)c1cc(F)c2c(c1)CCN(C1CCOC3(C1)CN(C(C)=O)C3)C2. The molecule has 0 aromatic heterocycles. The van der Waals surface area contributed by atoms with Gasteiger partial charge in [-0.1, -0.05) is 0 Å². The Balaban J connectivity index is 1.47. The summed E-state index contributed by atoms with van der Waals surface area (Å²) in [6.45, 7) is 4.93. The fourth-order valence-electron chi connectivity index (χ4n) is 4.59. The average molecular weight is 376 g/mol. The molecule has 146 valence electrons. The molecule has 6 nitrogen and oxygen atoms in total. The van der Waals surface area contributed by atoms with Crippen LogP contribution in [0, 0.1) is 5.82 Å². The fourth-order valence-corrected chi connectivity index (χ4v) is 4.59. The van der Waals surface area contributed by atoms with Gasteiger partial charge in [0.25, 0.3) is 0 Å². The van der Waals surface area contributed by atoms with E-state index in [4.69, 9.17) is 9.47 Å². The number of amides is 1. The van der Waals surface area contributed by atoms with Crippen LogP contribution in [-0.4, -0.2) is 66.7 Å². The van der Waals surface area contributed by atoms with Crippen molar-refractivity contribution < 1.29 is 23.5 Å². The number of hydrogen-bond acceptors (Lipinski definition) is 5. The first-order chi connectivity index (χ1) is 12.9. The van der Waals surface area contributed by atoms with Gasteiger partial charge in [-0.2, -0.15) is 0 Å². The largest absolute Gasteiger partial charge is 0.465 e. The summed E-state index contributed by atoms with van der Waals surface area (Å²) < 4.78 is 25.3. The highest BCUT2D eigenvalue weighted by Crippen LogP contribution is 2.37. The zero-order valence-electron chi connectivity index (χ0n) is 15.8. The van der Waals surface area contributed by atoms with Crippen LogP contribution in [0.2, 0.25) is 0 Å². The number of rotatable bonds is 2. The summed E-state index contributed by atoms with van der Waals surface area (Å²) in [7, 11) is 1.30. The molecule has 3 aliphatic rings. The van der Waals surface area contributed by atoms with Crippen LogP contribution >= 0.6 is 0 Å². The number of hydrogen-bond donors (Lipinski definition) is 0. The van der Waals surface area contributed by atoms with Gasteiger partial charge in [0.05, 0.1) is 25.8 Å². The number of likely N-dealkylation sites (tertiary alicyclic amines) is 1. The molecule has 2 fully saturated rings. The molecular weight excluding hydrogens is 351 g/mol. The van der Waals surface area contributed by atoms with Gasteiger partial charge >= 0.3 is 5.97 Å². The maximum absolute atomic E-state index is 14.6. The molecule has 1 aromatic rings. The second kappa shape index (κ2) is 6.87. The van der Waals surface area contributed by atoms with Gasteiger partial charge in [-0.25, -0.2) is 9.18 Å². The molecule has 0 bridgehead atoms. The molecule has 7 heteroatoms. The van der Waals surface area contributed by atoms with Crippen molar-refractivity contribution in [1.82, 2.24) is 9.80 Å². The highest BCUT2D eigenvalue weighted by atomic mass is 19.1. The van der Waals surface area contributed by atoms with Crippen LogP contribution < -0.4 is 0 Å². The van der Waals surface area contributed by atoms with Gasteiger partial charge in [-0.15, -0.1) is 0 Å². The number of esters is 1. The first kappa shape index (κ1) is 18.4. The summed E-state index contributed by atoms with van der Waals surface area (Å²) >= 11 is 0. The van der Waals surface area contributed by atoms with E-state index in [0.717, 1.165) is 24.9 Å². The van der Waals surface area contributed by atoms with Gasteiger partial charge in [-0.05, 0) is 37.0 Å². The zero-order chi connectivity index (χ0) is 19.2. The summed E-state index contributed by atoms with van der Waals surface area (Å²) in [5.41, 5.74) is 1.60. The molecule has 1 aromatic carbocycles. The van der Waals surface area contributed by atoms with Crippen molar-refractivity contribution in [2.75, 3.05) is 33.4 Å². The highest BCUT2D eigenvalue weighted by Gasteiger charge is 2.49. The summed E-state index contributed by atoms with van der Waals surface area (Å²) in [5.74, 6) is -0.766. The Labute approximate surface area is 158 Å². The van der Waals surface area contributed by atoms with Crippen molar-refractivity contribution in [2.45, 2.75) is 44.4 Å². The zero-order valence-corrected chi connectivity index (χ0v) is 15.8. The van der Waals surface area contributed by atoms with Gasteiger partial charge in [0.1, 0.15) is 11.4 Å². The van der Waals surface area contributed by atoms with Gasteiger partial charge in [0.2, 0.25) is 5.91 Å². The fraction of sp³-hybridized carbons (Fsp3) is 0.600. The van der Waals surface area contributed by atoms with Crippen LogP contribution in [0.1, 0.15) is 41.3 Å². The van der Waals surface area contributed by atoms with E-state index < -0.39 is 5.97 Å². The Morgan fingerprint density at radius 1 is 1.33 bits per heavy atom. The summed E-state index contributed by atoms with van der Waals surface area (Å²) in [5, 5.41) is 0. The van der Waals surface area contributed by atoms with Crippen LogP contribution in [-0.2, 0) is 27.2 Å². The van der Waals surface area contributed by atoms with Crippen molar-refractivity contribution in [3.8, 4) is 0 Å². The number of methoxy groups -OCH3 is 1. The molecule has 0 saturated carbocycles. The summed E-state index contributed by atoms with van der Waals surface area (Å²) in [6.07, 6.45) is 2.49. The van der Waals surface area contributed by atoms with E-state index >= 15 is 0 Å². The van der Waals surface area contributed by atoms with Crippen LogP contribution in [0.5, 0.6) is 0 Å². The molecule has 1 amide bonds. The molecule has 1 unspecified atom stereocenters. The quantitative estimate of drug-likeness (QED) is 0.736. The van der Waals surface area contributed by atoms with E-state index in [2.05, 4.69) is 4.90 Å². The van der Waals surface area contributed by atoms with Crippen LogP contribution in [0.4, 0.5) is 4.39 Å². The van der Waals surface area contributed by atoms with E-state index in [0.29, 0.717) is 44.3 Å². The Bertz CT molecular complexity index is 775. The van der Waals surface area contributed by atoms with Gasteiger partial charge in [0, 0.05) is 38.2 Å². The Morgan fingerprint density at radius 2 is 2.11 bits per heavy atom.